The van der Waals surface area contributed by atoms with E-state index in [2.05, 4.69) is 5.32 Å². The molecule has 5 heteroatoms. The molecule has 0 spiro atoms. The van der Waals surface area contributed by atoms with E-state index in [9.17, 15) is 9.59 Å². The highest BCUT2D eigenvalue weighted by atomic mass is 16.5. The van der Waals surface area contributed by atoms with E-state index in [4.69, 9.17) is 4.74 Å². The third-order valence-corrected chi connectivity index (χ3v) is 4.63. The number of amides is 2. The molecule has 1 aliphatic rings. The lowest BCUT2D eigenvalue weighted by atomic mass is 10.0. The minimum atomic E-state index is -0.232. The number of anilines is 1. The maximum Gasteiger partial charge on any atom is 0.256 e. The number of carbonyl (C=O) groups is 2. The van der Waals surface area contributed by atoms with Crippen LogP contribution in [-0.2, 0) is 11.3 Å². The van der Waals surface area contributed by atoms with Crippen molar-refractivity contribution < 1.29 is 14.3 Å². The van der Waals surface area contributed by atoms with Crippen LogP contribution in [0.2, 0.25) is 0 Å². The molecule has 2 aromatic carbocycles. The summed E-state index contributed by atoms with van der Waals surface area (Å²) in [5.74, 6) is -0.243. The van der Waals surface area contributed by atoms with Gasteiger partial charge in [0, 0.05) is 25.8 Å². The van der Waals surface area contributed by atoms with Gasteiger partial charge >= 0.3 is 0 Å². The molecule has 0 saturated carbocycles. The molecule has 1 saturated heterocycles. The van der Waals surface area contributed by atoms with Crippen LogP contribution < -0.4 is 5.32 Å². The highest BCUT2D eigenvalue weighted by Crippen LogP contribution is 2.24. The Balaban J connectivity index is 1.85. The second kappa shape index (κ2) is 8.15. The maximum atomic E-state index is 12.9. The molecule has 26 heavy (non-hydrogen) atoms. The number of carbonyl (C=O) groups excluding carboxylic acids is 2. The number of methoxy groups -OCH3 is 1. The first-order valence-corrected chi connectivity index (χ1v) is 8.88. The van der Waals surface area contributed by atoms with Crippen molar-refractivity contribution in [2.24, 2.45) is 0 Å². The van der Waals surface area contributed by atoms with E-state index in [1.807, 2.05) is 36.1 Å². The van der Waals surface area contributed by atoms with Gasteiger partial charge in [-0.15, -0.1) is 0 Å². The Labute approximate surface area is 154 Å². The molecule has 0 bridgehead atoms. The van der Waals surface area contributed by atoms with E-state index < -0.39 is 0 Å². The molecule has 5 nitrogen and oxygen atoms in total. The van der Waals surface area contributed by atoms with Gasteiger partial charge in [-0.3, -0.25) is 9.59 Å². The van der Waals surface area contributed by atoms with Crippen molar-refractivity contribution in [2.75, 3.05) is 25.5 Å². The topological polar surface area (TPSA) is 58.6 Å². The molecule has 0 aromatic heterocycles. The zero-order valence-corrected chi connectivity index (χ0v) is 15.2. The van der Waals surface area contributed by atoms with Crippen LogP contribution in [0.15, 0.2) is 42.5 Å². The highest BCUT2D eigenvalue weighted by molar-refractivity contribution is 6.09. The molecule has 1 aliphatic heterocycles. The number of hydrogen-bond donors (Lipinski definition) is 1. The van der Waals surface area contributed by atoms with E-state index in [0.717, 1.165) is 37.1 Å². The Bertz CT molecular complexity index is 811. The predicted molar refractivity (Wildman–Crippen MR) is 101 cm³/mol. The third kappa shape index (κ3) is 3.94. The zero-order valence-electron chi connectivity index (χ0n) is 15.2. The molecule has 0 radical (unpaired) electrons. The van der Waals surface area contributed by atoms with E-state index in [1.54, 1.807) is 25.3 Å². The van der Waals surface area contributed by atoms with Gasteiger partial charge in [-0.05, 0) is 49.1 Å². The molecule has 0 atom stereocenters. The first kappa shape index (κ1) is 18.1. The van der Waals surface area contributed by atoms with Crippen LogP contribution in [0.25, 0.3) is 0 Å². The van der Waals surface area contributed by atoms with Crippen molar-refractivity contribution in [3.63, 3.8) is 0 Å². The quantitative estimate of drug-likeness (QED) is 0.894. The molecule has 1 heterocycles. The number of nitrogens with zero attached hydrogens (tertiary/aromatic N) is 1. The second-order valence-corrected chi connectivity index (χ2v) is 6.58. The van der Waals surface area contributed by atoms with Crippen LogP contribution >= 0.6 is 0 Å². The fourth-order valence-electron chi connectivity index (χ4n) is 3.30. The third-order valence-electron chi connectivity index (χ3n) is 4.63. The molecule has 136 valence electrons. The Morgan fingerprint density at radius 3 is 2.58 bits per heavy atom. The van der Waals surface area contributed by atoms with Gasteiger partial charge in [0.25, 0.3) is 11.8 Å². The van der Waals surface area contributed by atoms with Crippen molar-refractivity contribution in [1.82, 2.24) is 4.90 Å². The highest BCUT2D eigenvalue weighted by Gasteiger charge is 2.24. The van der Waals surface area contributed by atoms with E-state index in [1.165, 1.54) is 0 Å². The number of hydrogen-bond acceptors (Lipinski definition) is 3. The summed E-state index contributed by atoms with van der Waals surface area (Å²) in [5.41, 5.74) is 3.48. The van der Waals surface area contributed by atoms with E-state index in [0.29, 0.717) is 23.4 Å². The van der Waals surface area contributed by atoms with Crippen LogP contribution in [0.4, 0.5) is 5.69 Å². The fourth-order valence-corrected chi connectivity index (χ4v) is 3.30. The van der Waals surface area contributed by atoms with Crippen LogP contribution in [-0.4, -0.2) is 36.9 Å². The molecule has 0 unspecified atom stereocenters. The average Bonchev–Trinajstić information content (AvgIpc) is 3.17. The van der Waals surface area contributed by atoms with Gasteiger partial charge in [0.05, 0.1) is 17.9 Å². The number of likely N-dealkylation sites (tertiary alicyclic amines) is 1. The number of nitrogens with one attached hydrogen (secondary N) is 1. The Kier molecular flexibility index (Phi) is 5.68. The van der Waals surface area contributed by atoms with Crippen molar-refractivity contribution in [3.05, 3.63) is 64.7 Å². The minimum absolute atomic E-state index is 0.0102. The lowest BCUT2D eigenvalue weighted by Gasteiger charge is -2.19. The normalized spacial score (nSPS) is 13.7. The van der Waals surface area contributed by atoms with Gasteiger partial charge in [0.2, 0.25) is 0 Å². The molecular formula is C21H24N2O3. The molecule has 3 rings (SSSR count). The van der Waals surface area contributed by atoms with E-state index >= 15 is 0 Å². The van der Waals surface area contributed by atoms with E-state index in [-0.39, 0.29) is 11.8 Å². The summed E-state index contributed by atoms with van der Waals surface area (Å²) in [4.78, 5) is 27.5. The first-order chi connectivity index (χ1) is 12.6. The summed E-state index contributed by atoms with van der Waals surface area (Å²) in [6, 6.07) is 12.8. The maximum absolute atomic E-state index is 12.9. The molecule has 1 N–H and O–H groups in total. The van der Waals surface area contributed by atoms with Gasteiger partial charge in [-0.25, -0.2) is 0 Å². The minimum Gasteiger partial charge on any atom is -0.380 e. The fraction of sp³-hybridized carbons (Fsp3) is 0.333. The predicted octanol–water partition coefficient (Wildman–Crippen LogP) is 3.63. The van der Waals surface area contributed by atoms with Gasteiger partial charge in [0.15, 0.2) is 0 Å². The largest absolute Gasteiger partial charge is 0.380 e. The summed E-state index contributed by atoms with van der Waals surface area (Å²) in [6.07, 6.45) is 2.07. The second-order valence-electron chi connectivity index (χ2n) is 6.58. The smallest absolute Gasteiger partial charge is 0.256 e. The van der Waals surface area contributed by atoms with Crippen LogP contribution in [0, 0.1) is 6.92 Å². The lowest BCUT2D eigenvalue weighted by molar-refractivity contribution is 0.0793. The average molecular weight is 352 g/mol. The van der Waals surface area contributed by atoms with Crippen molar-refractivity contribution in [2.45, 2.75) is 26.4 Å². The van der Waals surface area contributed by atoms with Gasteiger partial charge < -0.3 is 15.0 Å². The Morgan fingerprint density at radius 2 is 1.85 bits per heavy atom. The van der Waals surface area contributed by atoms with Crippen molar-refractivity contribution >= 4 is 17.5 Å². The van der Waals surface area contributed by atoms with Crippen LogP contribution in [0.1, 0.15) is 44.7 Å². The Morgan fingerprint density at radius 1 is 1.12 bits per heavy atom. The molecule has 2 aromatic rings. The van der Waals surface area contributed by atoms with Crippen LogP contribution in [0.3, 0.4) is 0 Å². The standard InChI is InChI=1S/C21H24N2O3/c1-15-7-5-10-18(19(15)21(25)23-11-3-4-12-23)22-20(24)17-9-6-8-16(13-17)14-26-2/h5-10,13H,3-4,11-12,14H2,1-2H3,(H,22,24). The van der Waals surface area contributed by atoms with Crippen LogP contribution in [0.5, 0.6) is 0 Å². The number of aryl methyl sites for hydroxylation is 1. The summed E-state index contributed by atoms with van der Waals surface area (Å²) in [5, 5.41) is 2.91. The summed E-state index contributed by atoms with van der Waals surface area (Å²) >= 11 is 0. The first-order valence-electron chi connectivity index (χ1n) is 8.88. The molecule has 0 aliphatic carbocycles. The Hall–Kier alpha value is -2.66. The zero-order chi connectivity index (χ0) is 18.5. The molecule has 1 fully saturated rings. The molecular weight excluding hydrogens is 328 g/mol. The lowest BCUT2D eigenvalue weighted by Crippen LogP contribution is -2.29. The van der Waals surface area contributed by atoms with Gasteiger partial charge in [-0.2, -0.15) is 0 Å². The van der Waals surface area contributed by atoms with Gasteiger partial charge in [0.1, 0.15) is 0 Å². The van der Waals surface area contributed by atoms with Crippen molar-refractivity contribution in [3.8, 4) is 0 Å². The summed E-state index contributed by atoms with van der Waals surface area (Å²) in [6.45, 7) is 3.90. The molecule has 2 amide bonds. The van der Waals surface area contributed by atoms with Crippen molar-refractivity contribution in [1.29, 1.82) is 0 Å². The summed E-state index contributed by atoms with van der Waals surface area (Å²) in [7, 11) is 1.62. The number of benzene rings is 2. The summed E-state index contributed by atoms with van der Waals surface area (Å²) < 4.78 is 5.12. The number of ether oxygens (including phenoxy) is 1. The monoisotopic (exact) mass is 352 g/mol. The number of rotatable bonds is 5. The SMILES string of the molecule is COCc1cccc(C(=O)Nc2cccc(C)c2C(=O)N2CCCC2)c1. The van der Waals surface area contributed by atoms with Gasteiger partial charge in [-0.1, -0.05) is 24.3 Å².